The molecule has 0 fully saturated rings. The lowest BCUT2D eigenvalue weighted by Gasteiger charge is -2.06. The summed E-state index contributed by atoms with van der Waals surface area (Å²) in [6.45, 7) is 5.65. The first-order valence-electron chi connectivity index (χ1n) is 4.14. The van der Waals surface area contributed by atoms with Crippen LogP contribution in [0.4, 0.5) is 0 Å². The van der Waals surface area contributed by atoms with Crippen molar-refractivity contribution in [1.82, 2.24) is 5.48 Å². The fourth-order valence-corrected chi connectivity index (χ4v) is 0.753. The molecular formula is C9H15NO2. The lowest BCUT2D eigenvalue weighted by atomic mass is 10.2. The Labute approximate surface area is 72.7 Å². The van der Waals surface area contributed by atoms with Crippen LogP contribution in [0.25, 0.3) is 0 Å². The molecule has 0 radical (unpaired) electrons. The van der Waals surface area contributed by atoms with Crippen molar-refractivity contribution in [2.75, 3.05) is 6.61 Å². The van der Waals surface area contributed by atoms with Gasteiger partial charge in [-0.15, -0.1) is 0 Å². The van der Waals surface area contributed by atoms with Crippen LogP contribution in [-0.4, -0.2) is 6.61 Å². The molecule has 0 bridgehead atoms. The zero-order valence-corrected chi connectivity index (χ0v) is 7.54. The van der Waals surface area contributed by atoms with Crippen LogP contribution in [0.15, 0.2) is 23.0 Å². The Hall–Kier alpha value is -0.800. The van der Waals surface area contributed by atoms with Crippen LogP contribution in [0.1, 0.15) is 19.4 Å². The maximum Gasteiger partial charge on any atom is 0.0948 e. The monoisotopic (exact) mass is 169 g/mol. The molecule has 0 saturated heterocycles. The van der Waals surface area contributed by atoms with Crippen molar-refractivity contribution in [3.63, 3.8) is 0 Å². The van der Waals surface area contributed by atoms with Gasteiger partial charge in [-0.2, -0.15) is 5.48 Å². The van der Waals surface area contributed by atoms with Gasteiger partial charge in [0.2, 0.25) is 0 Å². The van der Waals surface area contributed by atoms with Crippen LogP contribution >= 0.6 is 0 Å². The molecule has 0 aliphatic rings. The quantitative estimate of drug-likeness (QED) is 0.540. The van der Waals surface area contributed by atoms with E-state index in [1.54, 1.807) is 12.5 Å². The number of hydrogen-bond acceptors (Lipinski definition) is 3. The number of hydroxylamine groups is 1. The summed E-state index contributed by atoms with van der Waals surface area (Å²) in [6.07, 6.45) is 3.35. The van der Waals surface area contributed by atoms with Gasteiger partial charge in [0.1, 0.15) is 0 Å². The molecule has 0 spiro atoms. The van der Waals surface area contributed by atoms with E-state index in [2.05, 4.69) is 19.3 Å². The molecule has 0 unspecified atom stereocenters. The van der Waals surface area contributed by atoms with Gasteiger partial charge < -0.3 is 9.25 Å². The Morgan fingerprint density at radius 2 is 2.42 bits per heavy atom. The molecule has 1 rings (SSSR count). The van der Waals surface area contributed by atoms with Gasteiger partial charge in [-0.3, -0.25) is 0 Å². The highest BCUT2D eigenvalue weighted by atomic mass is 16.6. The van der Waals surface area contributed by atoms with E-state index in [-0.39, 0.29) is 0 Å². The summed E-state index contributed by atoms with van der Waals surface area (Å²) in [6, 6.07) is 1.91. The highest BCUT2D eigenvalue weighted by Gasteiger charge is 1.95. The number of furan rings is 1. The number of rotatable bonds is 5. The molecule has 1 heterocycles. The van der Waals surface area contributed by atoms with Gasteiger partial charge in [-0.05, 0) is 12.0 Å². The van der Waals surface area contributed by atoms with Crippen molar-refractivity contribution in [3.05, 3.63) is 24.2 Å². The Balaban J connectivity index is 2.04. The second kappa shape index (κ2) is 4.95. The van der Waals surface area contributed by atoms with Crippen LogP contribution < -0.4 is 5.48 Å². The van der Waals surface area contributed by atoms with Crippen LogP contribution in [-0.2, 0) is 11.4 Å². The summed E-state index contributed by atoms with van der Waals surface area (Å²) >= 11 is 0. The van der Waals surface area contributed by atoms with Gasteiger partial charge in [0.25, 0.3) is 0 Å². The van der Waals surface area contributed by atoms with Gasteiger partial charge >= 0.3 is 0 Å². The van der Waals surface area contributed by atoms with E-state index >= 15 is 0 Å². The Kier molecular flexibility index (Phi) is 3.84. The highest BCUT2D eigenvalue weighted by Crippen LogP contribution is 1.98. The van der Waals surface area contributed by atoms with Crippen molar-refractivity contribution in [2.24, 2.45) is 5.92 Å². The van der Waals surface area contributed by atoms with Gasteiger partial charge in [-0.1, -0.05) is 13.8 Å². The summed E-state index contributed by atoms with van der Waals surface area (Å²) in [5.74, 6) is 0.557. The summed E-state index contributed by atoms with van der Waals surface area (Å²) in [7, 11) is 0. The maximum absolute atomic E-state index is 5.18. The summed E-state index contributed by atoms with van der Waals surface area (Å²) in [5, 5.41) is 0. The fourth-order valence-electron chi connectivity index (χ4n) is 0.753. The van der Waals surface area contributed by atoms with Crippen LogP contribution in [0.2, 0.25) is 0 Å². The smallest absolute Gasteiger partial charge is 0.0948 e. The molecule has 1 aromatic heterocycles. The average Bonchev–Trinajstić information content (AvgIpc) is 2.49. The average molecular weight is 169 g/mol. The van der Waals surface area contributed by atoms with Crippen LogP contribution in [0, 0.1) is 5.92 Å². The van der Waals surface area contributed by atoms with Gasteiger partial charge in [0, 0.05) is 12.1 Å². The minimum Gasteiger partial charge on any atom is -0.472 e. The van der Waals surface area contributed by atoms with Gasteiger partial charge in [-0.25, -0.2) is 0 Å². The van der Waals surface area contributed by atoms with E-state index in [1.165, 1.54) is 0 Å². The third-order valence-electron chi connectivity index (χ3n) is 1.38. The standard InChI is InChI=1S/C9H15NO2/c1-8(2)6-12-10-5-9-3-4-11-7-9/h3-4,7-8,10H,5-6H2,1-2H3. The lowest BCUT2D eigenvalue weighted by molar-refractivity contribution is 0.0196. The first-order valence-corrected chi connectivity index (χ1v) is 4.14. The second-order valence-electron chi connectivity index (χ2n) is 3.16. The molecule has 0 aliphatic carbocycles. The van der Waals surface area contributed by atoms with E-state index in [1.807, 2.05) is 6.07 Å². The number of hydrogen-bond donors (Lipinski definition) is 1. The predicted octanol–water partition coefficient (Wildman–Crippen LogP) is 1.96. The van der Waals surface area contributed by atoms with Crippen molar-refractivity contribution in [1.29, 1.82) is 0 Å². The van der Waals surface area contributed by atoms with Crippen LogP contribution in [0.5, 0.6) is 0 Å². The summed E-state index contributed by atoms with van der Waals surface area (Å²) in [4.78, 5) is 5.18. The minimum atomic E-state index is 0.557. The molecule has 3 heteroatoms. The molecule has 0 aromatic carbocycles. The highest BCUT2D eigenvalue weighted by molar-refractivity contribution is 5.03. The van der Waals surface area contributed by atoms with E-state index in [0.29, 0.717) is 12.5 Å². The van der Waals surface area contributed by atoms with Gasteiger partial charge in [0.05, 0.1) is 19.1 Å². The molecule has 1 aromatic rings. The molecule has 3 nitrogen and oxygen atoms in total. The predicted molar refractivity (Wildman–Crippen MR) is 46.3 cm³/mol. The zero-order chi connectivity index (χ0) is 8.81. The Bertz CT molecular complexity index is 194. The van der Waals surface area contributed by atoms with E-state index in [0.717, 1.165) is 12.2 Å². The zero-order valence-electron chi connectivity index (χ0n) is 7.54. The van der Waals surface area contributed by atoms with E-state index < -0.39 is 0 Å². The molecule has 12 heavy (non-hydrogen) atoms. The number of nitrogens with one attached hydrogen (secondary N) is 1. The van der Waals surface area contributed by atoms with Crippen molar-refractivity contribution in [2.45, 2.75) is 20.4 Å². The largest absolute Gasteiger partial charge is 0.472 e. The maximum atomic E-state index is 5.18. The molecule has 68 valence electrons. The van der Waals surface area contributed by atoms with Crippen LogP contribution in [0.3, 0.4) is 0 Å². The SMILES string of the molecule is CC(C)CONCc1ccoc1. The first-order chi connectivity index (χ1) is 5.79. The third kappa shape index (κ3) is 3.55. The van der Waals surface area contributed by atoms with Crippen molar-refractivity contribution < 1.29 is 9.25 Å². The molecule has 0 aliphatic heterocycles. The summed E-state index contributed by atoms with van der Waals surface area (Å²) < 4.78 is 4.90. The lowest BCUT2D eigenvalue weighted by Crippen LogP contribution is -2.16. The molecule has 0 atom stereocenters. The normalized spacial score (nSPS) is 10.9. The second-order valence-corrected chi connectivity index (χ2v) is 3.16. The Morgan fingerprint density at radius 1 is 1.58 bits per heavy atom. The first kappa shape index (κ1) is 9.29. The molecular weight excluding hydrogens is 154 g/mol. The third-order valence-corrected chi connectivity index (χ3v) is 1.38. The minimum absolute atomic E-state index is 0.557. The van der Waals surface area contributed by atoms with Crippen molar-refractivity contribution in [3.8, 4) is 0 Å². The molecule has 0 amide bonds. The van der Waals surface area contributed by atoms with Gasteiger partial charge in [0.15, 0.2) is 0 Å². The molecule has 0 saturated carbocycles. The summed E-state index contributed by atoms with van der Waals surface area (Å²) in [5.41, 5.74) is 3.96. The van der Waals surface area contributed by atoms with E-state index in [4.69, 9.17) is 9.25 Å². The Morgan fingerprint density at radius 3 is 3.00 bits per heavy atom. The van der Waals surface area contributed by atoms with Crippen molar-refractivity contribution >= 4 is 0 Å². The topological polar surface area (TPSA) is 34.4 Å². The van der Waals surface area contributed by atoms with E-state index in [9.17, 15) is 0 Å². The fraction of sp³-hybridized carbons (Fsp3) is 0.556. The molecule has 1 N–H and O–H groups in total.